The van der Waals surface area contributed by atoms with E-state index in [0.29, 0.717) is 48.1 Å². The number of piperidine rings is 2. The van der Waals surface area contributed by atoms with Crippen LogP contribution >= 0.6 is 23.1 Å². The van der Waals surface area contributed by atoms with Crippen molar-refractivity contribution in [2.75, 3.05) is 36.4 Å². The summed E-state index contributed by atoms with van der Waals surface area (Å²) in [6.07, 6.45) is 5.19. The van der Waals surface area contributed by atoms with E-state index in [0.717, 1.165) is 47.5 Å². The maximum absolute atomic E-state index is 13.6. The topological polar surface area (TPSA) is 78.4 Å². The Morgan fingerprint density at radius 1 is 1.09 bits per heavy atom. The highest BCUT2D eigenvalue weighted by atomic mass is 35.5. The molecule has 2 aliphatic rings. The van der Waals surface area contributed by atoms with Gasteiger partial charge in [-0.15, -0.1) is 0 Å². The van der Waals surface area contributed by atoms with Gasteiger partial charge in [0.25, 0.3) is 5.91 Å². The lowest BCUT2D eigenvalue weighted by Crippen LogP contribution is -2.41. The lowest BCUT2D eigenvalue weighted by Gasteiger charge is -2.36. The van der Waals surface area contributed by atoms with Crippen LogP contribution in [0.5, 0.6) is 0 Å². The van der Waals surface area contributed by atoms with Gasteiger partial charge in [0.05, 0.1) is 33.0 Å². The summed E-state index contributed by atoms with van der Waals surface area (Å²) >= 11 is 7.59. The standard InChI is InChI=1S/C26H30ClN5O2S/c1-16-7-11-32(12-8-16)26(34)19-15-28-25-22(17(2)30-35-25)23(19)31-13-9-18(10-14-31)24(33)29-21-6-4-3-5-20(21)27/h3-6,15-16,18H,7-14H2,1-2H3,(H,29,33). The van der Waals surface area contributed by atoms with Crippen molar-refractivity contribution in [3.8, 4) is 0 Å². The van der Waals surface area contributed by atoms with E-state index in [1.165, 1.54) is 11.5 Å². The van der Waals surface area contributed by atoms with Crippen LogP contribution in [0.3, 0.4) is 0 Å². The van der Waals surface area contributed by atoms with Crippen molar-refractivity contribution >= 4 is 56.5 Å². The van der Waals surface area contributed by atoms with Gasteiger partial charge in [-0.1, -0.05) is 30.7 Å². The van der Waals surface area contributed by atoms with E-state index in [4.69, 9.17) is 11.6 Å². The molecular weight excluding hydrogens is 482 g/mol. The molecule has 2 aliphatic heterocycles. The number of para-hydroxylation sites is 1. The number of amides is 2. The lowest BCUT2D eigenvalue weighted by molar-refractivity contribution is -0.120. The number of rotatable bonds is 4. The van der Waals surface area contributed by atoms with Crippen molar-refractivity contribution in [2.24, 2.45) is 11.8 Å². The predicted molar refractivity (Wildman–Crippen MR) is 141 cm³/mol. The van der Waals surface area contributed by atoms with Crippen LogP contribution < -0.4 is 10.2 Å². The van der Waals surface area contributed by atoms with Crippen molar-refractivity contribution < 1.29 is 9.59 Å². The average molecular weight is 512 g/mol. The number of pyridine rings is 1. The molecular formula is C26H30ClN5O2S. The van der Waals surface area contributed by atoms with Gasteiger partial charge >= 0.3 is 0 Å². The minimum Gasteiger partial charge on any atom is -0.370 e. The maximum Gasteiger partial charge on any atom is 0.257 e. The van der Waals surface area contributed by atoms with Gasteiger partial charge < -0.3 is 15.1 Å². The van der Waals surface area contributed by atoms with E-state index in [9.17, 15) is 9.59 Å². The summed E-state index contributed by atoms with van der Waals surface area (Å²) in [6.45, 7) is 7.15. The third-order valence-corrected chi connectivity index (χ3v) is 8.44. The Hall–Kier alpha value is -2.71. The number of carbonyl (C=O) groups excluding carboxylic acids is 2. The number of nitrogens with zero attached hydrogens (tertiary/aromatic N) is 4. The molecule has 1 aromatic carbocycles. The predicted octanol–water partition coefficient (Wildman–Crippen LogP) is 5.38. The molecule has 1 N–H and O–H groups in total. The molecule has 0 spiro atoms. The Morgan fingerprint density at radius 2 is 1.80 bits per heavy atom. The molecule has 2 amide bonds. The van der Waals surface area contributed by atoms with Crippen LogP contribution in [0.4, 0.5) is 11.4 Å². The summed E-state index contributed by atoms with van der Waals surface area (Å²) in [5.74, 6) is 0.581. The highest BCUT2D eigenvalue weighted by Crippen LogP contribution is 2.37. The van der Waals surface area contributed by atoms with E-state index < -0.39 is 0 Å². The molecule has 4 heterocycles. The normalized spacial score (nSPS) is 17.7. The highest BCUT2D eigenvalue weighted by Gasteiger charge is 2.31. The molecule has 0 bridgehead atoms. The number of halogens is 1. The smallest absolute Gasteiger partial charge is 0.257 e. The van der Waals surface area contributed by atoms with Crippen molar-refractivity contribution in [3.63, 3.8) is 0 Å². The van der Waals surface area contributed by atoms with Crippen LogP contribution in [0.2, 0.25) is 5.02 Å². The van der Waals surface area contributed by atoms with Crippen LogP contribution in [-0.2, 0) is 4.79 Å². The first-order chi connectivity index (χ1) is 16.9. The molecule has 35 heavy (non-hydrogen) atoms. The Labute approximate surface area is 214 Å². The van der Waals surface area contributed by atoms with E-state index in [1.54, 1.807) is 12.3 Å². The largest absolute Gasteiger partial charge is 0.370 e. The van der Waals surface area contributed by atoms with E-state index >= 15 is 0 Å². The van der Waals surface area contributed by atoms with Gasteiger partial charge in [-0.05, 0) is 62.2 Å². The van der Waals surface area contributed by atoms with Crippen LogP contribution in [-0.4, -0.2) is 52.3 Å². The minimum absolute atomic E-state index is 0.00950. The minimum atomic E-state index is -0.107. The number of likely N-dealkylation sites (tertiary alicyclic amines) is 1. The summed E-state index contributed by atoms with van der Waals surface area (Å²) in [5.41, 5.74) is 3.11. The Bertz CT molecular complexity index is 1250. The van der Waals surface area contributed by atoms with Crippen LogP contribution in [0.15, 0.2) is 30.5 Å². The van der Waals surface area contributed by atoms with Crippen molar-refractivity contribution in [2.45, 2.75) is 39.5 Å². The highest BCUT2D eigenvalue weighted by molar-refractivity contribution is 7.13. The number of aromatic nitrogens is 2. The lowest BCUT2D eigenvalue weighted by atomic mass is 9.94. The summed E-state index contributed by atoms with van der Waals surface area (Å²) in [6, 6.07) is 7.29. The molecule has 2 saturated heterocycles. The Morgan fingerprint density at radius 3 is 2.51 bits per heavy atom. The third-order valence-electron chi connectivity index (χ3n) is 7.26. The van der Waals surface area contributed by atoms with Gasteiger partial charge in [-0.2, -0.15) is 4.37 Å². The van der Waals surface area contributed by atoms with Gasteiger partial charge in [0.2, 0.25) is 5.91 Å². The zero-order valence-electron chi connectivity index (χ0n) is 20.1. The molecule has 0 aliphatic carbocycles. The molecule has 0 radical (unpaired) electrons. The number of hydrogen-bond acceptors (Lipinski definition) is 6. The van der Waals surface area contributed by atoms with Gasteiger partial charge in [0.1, 0.15) is 4.83 Å². The number of fused-ring (bicyclic) bond motifs is 1. The van der Waals surface area contributed by atoms with Gasteiger partial charge in [-0.3, -0.25) is 9.59 Å². The van der Waals surface area contributed by atoms with Gasteiger partial charge in [0, 0.05) is 38.3 Å². The van der Waals surface area contributed by atoms with E-state index in [-0.39, 0.29) is 17.7 Å². The SMILES string of the molecule is Cc1nsc2ncc(C(=O)N3CCC(C)CC3)c(N3CCC(C(=O)Nc4ccccc4Cl)CC3)c12. The van der Waals surface area contributed by atoms with Crippen LogP contribution in [0, 0.1) is 18.8 Å². The molecule has 9 heteroatoms. The summed E-state index contributed by atoms with van der Waals surface area (Å²) < 4.78 is 4.52. The van der Waals surface area contributed by atoms with Gasteiger partial charge in [0.15, 0.2) is 0 Å². The molecule has 2 aromatic heterocycles. The fraction of sp³-hybridized carbons (Fsp3) is 0.462. The van der Waals surface area contributed by atoms with Crippen molar-refractivity contribution in [1.82, 2.24) is 14.3 Å². The first-order valence-electron chi connectivity index (χ1n) is 12.3. The monoisotopic (exact) mass is 511 g/mol. The Balaban J connectivity index is 1.37. The molecule has 0 unspecified atom stereocenters. The second-order valence-corrected chi connectivity index (χ2v) is 10.8. The first kappa shape index (κ1) is 24.0. The summed E-state index contributed by atoms with van der Waals surface area (Å²) in [5, 5.41) is 4.48. The summed E-state index contributed by atoms with van der Waals surface area (Å²) in [7, 11) is 0. The second-order valence-electron chi connectivity index (χ2n) is 9.67. The van der Waals surface area contributed by atoms with Crippen LogP contribution in [0.1, 0.15) is 48.7 Å². The zero-order valence-corrected chi connectivity index (χ0v) is 21.7. The first-order valence-corrected chi connectivity index (χ1v) is 13.4. The third kappa shape index (κ3) is 4.86. The van der Waals surface area contributed by atoms with Crippen molar-refractivity contribution in [3.05, 3.63) is 46.7 Å². The quantitative estimate of drug-likeness (QED) is 0.508. The number of nitrogens with one attached hydrogen (secondary N) is 1. The number of carbonyl (C=O) groups is 2. The molecule has 2 fully saturated rings. The number of anilines is 2. The second kappa shape index (κ2) is 10.1. The zero-order chi connectivity index (χ0) is 24.5. The van der Waals surface area contributed by atoms with Crippen LogP contribution in [0.25, 0.3) is 10.2 Å². The molecule has 0 saturated carbocycles. The van der Waals surface area contributed by atoms with E-state index in [2.05, 4.69) is 26.5 Å². The number of aryl methyl sites for hydroxylation is 1. The fourth-order valence-electron chi connectivity index (χ4n) is 5.07. The van der Waals surface area contributed by atoms with Crippen molar-refractivity contribution in [1.29, 1.82) is 0 Å². The molecule has 184 valence electrons. The molecule has 5 rings (SSSR count). The average Bonchev–Trinajstić information content (AvgIpc) is 3.26. The van der Waals surface area contributed by atoms with Gasteiger partial charge in [-0.25, -0.2) is 4.98 Å². The molecule has 7 nitrogen and oxygen atoms in total. The van der Waals surface area contributed by atoms with E-state index in [1.807, 2.05) is 30.0 Å². The molecule has 3 aromatic rings. The molecule has 0 atom stereocenters. The number of benzene rings is 1. The Kier molecular flexibility index (Phi) is 6.93. The number of hydrogen-bond donors (Lipinski definition) is 1. The fourth-order valence-corrected chi connectivity index (χ4v) is 6.00. The maximum atomic E-state index is 13.6. The summed E-state index contributed by atoms with van der Waals surface area (Å²) in [4.78, 5) is 36.2.